The minimum atomic E-state index is 0.912. The molecule has 170 valence electrons. The van der Waals surface area contributed by atoms with E-state index in [1.54, 1.807) is 0 Å². The molecule has 2 heteroatoms. The Morgan fingerprint density at radius 1 is 0.400 bits per heavy atom. The first-order valence-corrected chi connectivity index (χ1v) is 12.3. The molecule has 0 aliphatic carbocycles. The molecule has 0 aliphatic heterocycles. The maximum Gasteiger partial charge on any atom is 0.0494 e. The monoisotopic (exact) mass is 452 g/mol. The highest BCUT2D eigenvalue weighted by Crippen LogP contribution is 2.30. The second-order valence-corrected chi connectivity index (χ2v) is 8.88. The van der Waals surface area contributed by atoms with E-state index in [1.165, 1.54) is 49.2 Å². The summed E-state index contributed by atoms with van der Waals surface area (Å²) in [5.41, 5.74) is 6.61. The van der Waals surface area contributed by atoms with Crippen molar-refractivity contribution in [3.8, 4) is 0 Å². The Balaban J connectivity index is 0.000000136. The number of aryl methyl sites for hydroxylation is 1. The predicted molar refractivity (Wildman–Crippen MR) is 150 cm³/mol. The van der Waals surface area contributed by atoms with E-state index in [4.69, 9.17) is 0 Å². The standard InChI is InChI=1S/C19H15N.C14H13N/c1-2-8-15(9-3-1)14-20-18-12-6-4-10-16(18)17-11-5-7-13-19(17)20;1-2-15-13-9-5-3-7-11(13)12-8-4-6-10-14(12)15/h1-13H,14H2;3-10H,2H2,1H3. The van der Waals surface area contributed by atoms with Crippen LogP contribution in [-0.2, 0) is 13.1 Å². The van der Waals surface area contributed by atoms with E-state index < -0.39 is 0 Å². The topological polar surface area (TPSA) is 9.86 Å². The highest BCUT2D eigenvalue weighted by atomic mass is 15.0. The van der Waals surface area contributed by atoms with Crippen molar-refractivity contribution in [2.45, 2.75) is 20.0 Å². The molecular weight excluding hydrogens is 424 g/mol. The third-order valence-corrected chi connectivity index (χ3v) is 6.86. The first-order chi connectivity index (χ1) is 17.3. The number of aromatic nitrogens is 2. The third-order valence-electron chi connectivity index (χ3n) is 6.86. The van der Waals surface area contributed by atoms with Crippen LogP contribution < -0.4 is 0 Å². The van der Waals surface area contributed by atoms with Crippen LogP contribution >= 0.6 is 0 Å². The van der Waals surface area contributed by atoms with Crippen LogP contribution in [0.25, 0.3) is 43.6 Å². The van der Waals surface area contributed by atoms with E-state index >= 15 is 0 Å². The van der Waals surface area contributed by atoms with E-state index in [1.807, 2.05) is 0 Å². The maximum absolute atomic E-state index is 2.40. The van der Waals surface area contributed by atoms with Gasteiger partial charge in [0.1, 0.15) is 0 Å². The van der Waals surface area contributed by atoms with Gasteiger partial charge in [0.25, 0.3) is 0 Å². The van der Waals surface area contributed by atoms with Gasteiger partial charge in [-0.25, -0.2) is 0 Å². The number of nitrogens with zero attached hydrogens (tertiary/aromatic N) is 2. The van der Waals surface area contributed by atoms with Gasteiger partial charge in [0, 0.05) is 56.7 Å². The zero-order valence-corrected chi connectivity index (χ0v) is 19.9. The zero-order chi connectivity index (χ0) is 23.6. The average Bonchev–Trinajstić information content (AvgIpc) is 3.43. The lowest BCUT2D eigenvalue weighted by molar-refractivity contribution is 0.827. The molecule has 0 radical (unpaired) electrons. The lowest BCUT2D eigenvalue weighted by Gasteiger charge is -2.07. The summed E-state index contributed by atoms with van der Waals surface area (Å²) in [5, 5.41) is 5.38. The SMILES string of the molecule is CCn1c2ccccc2c2ccccc21.c1ccc(Cn2c3ccccc3c3ccccc32)cc1. The Morgan fingerprint density at radius 3 is 1.14 bits per heavy atom. The summed E-state index contributed by atoms with van der Waals surface area (Å²) in [4.78, 5) is 0. The highest BCUT2D eigenvalue weighted by molar-refractivity contribution is 6.08. The van der Waals surface area contributed by atoms with Gasteiger partial charge in [-0.1, -0.05) is 103 Å². The van der Waals surface area contributed by atoms with Crippen LogP contribution in [0.5, 0.6) is 0 Å². The molecule has 0 spiro atoms. The summed E-state index contributed by atoms with van der Waals surface area (Å²) in [6, 6.07) is 45.1. The first kappa shape index (κ1) is 21.2. The molecule has 0 unspecified atom stereocenters. The summed E-state index contributed by atoms with van der Waals surface area (Å²) in [6.07, 6.45) is 0. The van der Waals surface area contributed by atoms with Crippen LogP contribution in [0, 0.1) is 0 Å². The average molecular weight is 453 g/mol. The number of fused-ring (bicyclic) bond motifs is 6. The summed E-state index contributed by atoms with van der Waals surface area (Å²) in [5.74, 6) is 0. The second kappa shape index (κ2) is 9.15. The first-order valence-electron chi connectivity index (χ1n) is 12.3. The van der Waals surface area contributed by atoms with E-state index in [2.05, 4.69) is 143 Å². The maximum atomic E-state index is 2.40. The molecule has 0 amide bonds. The van der Waals surface area contributed by atoms with Gasteiger partial charge in [0.15, 0.2) is 0 Å². The van der Waals surface area contributed by atoms with Crippen LogP contribution in [-0.4, -0.2) is 9.13 Å². The van der Waals surface area contributed by atoms with Gasteiger partial charge >= 0.3 is 0 Å². The van der Waals surface area contributed by atoms with Crippen LogP contribution in [0.2, 0.25) is 0 Å². The summed E-state index contributed by atoms with van der Waals surface area (Å²) < 4.78 is 4.77. The molecule has 0 bridgehead atoms. The Morgan fingerprint density at radius 2 is 0.743 bits per heavy atom. The fourth-order valence-corrected chi connectivity index (χ4v) is 5.28. The number of hydrogen-bond acceptors (Lipinski definition) is 0. The molecule has 0 fully saturated rings. The van der Waals surface area contributed by atoms with Crippen molar-refractivity contribution in [1.29, 1.82) is 0 Å². The summed E-state index contributed by atoms with van der Waals surface area (Å²) in [7, 11) is 0. The lowest BCUT2D eigenvalue weighted by Crippen LogP contribution is -1.98. The van der Waals surface area contributed by atoms with Crippen molar-refractivity contribution in [3.05, 3.63) is 133 Å². The lowest BCUT2D eigenvalue weighted by atomic mass is 10.2. The minimum absolute atomic E-state index is 0.912. The third kappa shape index (κ3) is 3.77. The van der Waals surface area contributed by atoms with Gasteiger partial charge in [0.2, 0.25) is 0 Å². The molecule has 2 heterocycles. The molecule has 0 atom stereocenters. The summed E-state index contributed by atoms with van der Waals surface area (Å²) >= 11 is 0. The molecule has 0 aliphatic rings. The largest absolute Gasteiger partial charge is 0.341 e. The Labute approximate surface area is 205 Å². The van der Waals surface area contributed by atoms with E-state index in [9.17, 15) is 0 Å². The normalized spacial score (nSPS) is 11.2. The summed E-state index contributed by atoms with van der Waals surface area (Å²) in [6.45, 7) is 4.13. The molecule has 2 nitrogen and oxygen atoms in total. The molecule has 7 rings (SSSR count). The van der Waals surface area contributed by atoms with E-state index in [0.29, 0.717) is 0 Å². The van der Waals surface area contributed by atoms with Gasteiger partial charge < -0.3 is 9.13 Å². The van der Waals surface area contributed by atoms with Gasteiger partial charge in [-0.2, -0.15) is 0 Å². The minimum Gasteiger partial charge on any atom is -0.341 e. The molecule has 0 saturated heterocycles. The highest BCUT2D eigenvalue weighted by Gasteiger charge is 2.09. The number of rotatable bonds is 3. The van der Waals surface area contributed by atoms with Gasteiger partial charge in [-0.3, -0.25) is 0 Å². The van der Waals surface area contributed by atoms with E-state index in [0.717, 1.165) is 13.1 Å². The van der Waals surface area contributed by atoms with Crippen LogP contribution in [0.15, 0.2) is 127 Å². The fourth-order valence-electron chi connectivity index (χ4n) is 5.28. The van der Waals surface area contributed by atoms with Gasteiger partial charge in [-0.05, 0) is 36.8 Å². The Hall–Kier alpha value is -4.30. The Kier molecular flexibility index (Phi) is 5.56. The predicted octanol–water partition coefficient (Wildman–Crippen LogP) is 8.66. The fraction of sp³-hybridized carbons (Fsp3) is 0.0909. The van der Waals surface area contributed by atoms with Crippen molar-refractivity contribution in [2.24, 2.45) is 0 Å². The molecule has 2 aromatic heterocycles. The quantitative estimate of drug-likeness (QED) is 0.254. The molecule has 0 saturated carbocycles. The van der Waals surface area contributed by atoms with Gasteiger partial charge in [-0.15, -0.1) is 0 Å². The van der Waals surface area contributed by atoms with Crippen molar-refractivity contribution in [3.63, 3.8) is 0 Å². The Bertz CT molecular complexity index is 1650. The smallest absolute Gasteiger partial charge is 0.0494 e. The molecule has 5 aromatic carbocycles. The van der Waals surface area contributed by atoms with Crippen LogP contribution in [0.4, 0.5) is 0 Å². The molecule has 7 aromatic rings. The zero-order valence-electron chi connectivity index (χ0n) is 19.9. The molecular formula is C33H28N2. The van der Waals surface area contributed by atoms with Crippen LogP contribution in [0.3, 0.4) is 0 Å². The van der Waals surface area contributed by atoms with E-state index in [-0.39, 0.29) is 0 Å². The number of para-hydroxylation sites is 4. The van der Waals surface area contributed by atoms with Crippen molar-refractivity contribution >= 4 is 43.6 Å². The van der Waals surface area contributed by atoms with Crippen molar-refractivity contribution < 1.29 is 0 Å². The van der Waals surface area contributed by atoms with Crippen LogP contribution in [0.1, 0.15) is 12.5 Å². The van der Waals surface area contributed by atoms with Gasteiger partial charge in [0.05, 0.1) is 0 Å². The second-order valence-electron chi connectivity index (χ2n) is 8.88. The number of hydrogen-bond donors (Lipinski definition) is 0. The molecule has 0 N–H and O–H groups in total. The van der Waals surface area contributed by atoms with Crippen molar-refractivity contribution in [2.75, 3.05) is 0 Å². The number of benzene rings is 5. The van der Waals surface area contributed by atoms with Crippen molar-refractivity contribution in [1.82, 2.24) is 9.13 Å². The molecule has 35 heavy (non-hydrogen) atoms.